The van der Waals surface area contributed by atoms with Gasteiger partial charge in [0.25, 0.3) is 0 Å². The minimum Gasteiger partial charge on any atom is -0.508 e. The standard InChI is InChI=1S/C20H28N4O8/c1-10(2)17(24-18(29)13(21)7-11-3-5-12(25)6-4-11)19(30)22-9-15(26)23-14(20(31)32)8-16(27)28/h3-6,10,13-14,17,25H,7-9,21H2,1-2H3,(H,22,30)(H,23,26)(H,24,29)(H,27,28)(H,31,32). The number of carbonyl (C=O) groups is 5. The molecule has 0 saturated carbocycles. The van der Waals surface area contributed by atoms with Gasteiger partial charge in [0.2, 0.25) is 17.7 Å². The molecule has 1 aromatic rings. The first kappa shape index (κ1) is 26.4. The van der Waals surface area contributed by atoms with Gasteiger partial charge in [-0.25, -0.2) is 4.79 Å². The fraction of sp³-hybridized carbons (Fsp3) is 0.450. The van der Waals surface area contributed by atoms with Crippen LogP contribution in [0.25, 0.3) is 0 Å². The summed E-state index contributed by atoms with van der Waals surface area (Å²) >= 11 is 0. The number of nitrogens with one attached hydrogen (secondary N) is 3. The lowest BCUT2D eigenvalue weighted by atomic mass is 10.0. The highest BCUT2D eigenvalue weighted by Gasteiger charge is 2.28. The molecule has 0 radical (unpaired) electrons. The van der Waals surface area contributed by atoms with E-state index < -0.39 is 60.8 Å². The van der Waals surface area contributed by atoms with Crippen molar-refractivity contribution in [3.8, 4) is 5.75 Å². The van der Waals surface area contributed by atoms with Crippen molar-refractivity contribution in [1.29, 1.82) is 0 Å². The summed E-state index contributed by atoms with van der Waals surface area (Å²) in [6.07, 6.45) is -0.653. The first-order chi connectivity index (χ1) is 14.9. The van der Waals surface area contributed by atoms with Gasteiger partial charge in [0, 0.05) is 0 Å². The summed E-state index contributed by atoms with van der Waals surface area (Å²) in [5.41, 5.74) is 6.62. The number of phenolic OH excluding ortho intramolecular Hbond substituents is 1. The maximum Gasteiger partial charge on any atom is 0.326 e. The van der Waals surface area contributed by atoms with Crippen LogP contribution in [0.5, 0.6) is 5.75 Å². The third-order valence-corrected chi connectivity index (χ3v) is 4.41. The van der Waals surface area contributed by atoms with Crippen LogP contribution in [0.1, 0.15) is 25.8 Å². The molecule has 0 aliphatic rings. The predicted octanol–water partition coefficient (Wildman–Crippen LogP) is -1.44. The second-order valence-electron chi connectivity index (χ2n) is 7.48. The van der Waals surface area contributed by atoms with Gasteiger partial charge in [0.1, 0.15) is 17.8 Å². The predicted molar refractivity (Wildman–Crippen MR) is 111 cm³/mol. The number of nitrogens with two attached hydrogens (primary N) is 1. The highest BCUT2D eigenvalue weighted by atomic mass is 16.4. The molecule has 8 N–H and O–H groups in total. The van der Waals surface area contributed by atoms with E-state index in [-0.39, 0.29) is 18.1 Å². The number of aromatic hydroxyl groups is 1. The van der Waals surface area contributed by atoms with E-state index in [4.69, 9.17) is 15.9 Å². The fourth-order valence-electron chi connectivity index (χ4n) is 2.67. The Bertz CT molecular complexity index is 841. The van der Waals surface area contributed by atoms with Crippen LogP contribution < -0.4 is 21.7 Å². The SMILES string of the molecule is CC(C)C(NC(=O)C(N)Cc1ccc(O)cc1)C(=O)NCC(=O)NC(CC(=O)O)C(=O)O. The summed E-state index contributed by atoms with van der Waals surface area (Å²) in [7, 11) is 0. The second-order valence-corrected chi connectivity index (χ2v) is 7.48. The third-order valence-electron chi connectivity index (χ3n) is 4.41. The van der Waals surface area contributed by atoms with Gasteiger partial charge >= 0.3 is 11.9 Å². The van der Waals surface area contributed by atoms with Crippen molar-refractivity contribution in [2.24, 2.45) is 11.7 Å². The molecule has 3 atom stereocenters. The summed E-state index contributed by atoms with van der Waals surface area (Å²) in [5, 5.41) is 33.8. The van der Waals surface area contributed by atoms with Crippen LogP contribution in [0.2, 0.25) is 0 Å². The molecule has 0 aliphatic heterocycles. The van der Waals surface area contributed by atoms with E-state index >= 15 is 0 Å². The number of hydrogen-bond donors (Lipinski definition) is 7. The van der Waals surface area contributed by atoms with Gasteiger partial charge in [0.15, 0.2) is 0 Å². The molecule has 12 nitrogen and oxygen atoms in total. The van der Waals surface area contributed by atoms with Crippen LogP contribution >= 0.6 is 0 Å². The monoisotopic (exact) mass is 452 g/mol. The molecule has 176 valence electrons. The van der Waals surface area contributed by atoms with Crippen LogP contribution in [0.3, 0.4) is 0 Å². The fourth-order valence-corrected chi connectivity index (χ4v) is 2.67. The summed E-state index contributed by atoms with van der Waals surface area (Å²) in [6, 6.07) is 2.52. The largest absolute Gasteiger partial charge is 0.508 e. The van der Waals surface area contributed by atoms with Crippen LogP contribution in [0, 0.1) is 5.92 Å². The first-order valence-corrected chi connectivity index (χ1v) is 9.76. The average Bonchev–Trinajstić information content (AvgIpc) is 2.70. The lowest BCUT2D eigenvalue weighted by Gasteiger charge is -2.23. The maximum atomic E-state index is 12.5. The number of rotatable bonds is 12. The molecule has 0 fully saturated rings. The maximum absolute atomic E-state index is 12.5. The van der Waals surface area contributed by atoms with Crippen molar-refractivity contribution in [3.05, 3.63) is 29.8 Å². The molecule has 1 aromatic carbocycles. The van der Waals surface area contributed by atoms with E-state index in [1.165, 1.54) is 12.1 Å². The Morgan fingerprint density at radius 2 is 1.56 bits per heavy atom. The second kappa shape index (κ2) is 12.2. The Balaban J connectivity index is 2.64. The van der Waals surface area contributed by atoms with Crippen molar-refractivity contribution in [2.75, 3.05) is 6.54 Å². The molecule has 32 heavy (non-hydrogen) atoms. The number of hydrogen-bond acceptors (Lipinski definition) is 7. The number of carboxylic acids is 2. The number of carbonyl (C=O) groups excluding carboxylic acids is 3. The highest BCUT2D eigenvalue weighted by Crippen LogP contribution is 2.11. The van der Waals surface area contributed by atoms with Crippen molar-refractivity contribution >= 4 is 29.7 Å². The zero-order valence-electron chi connectivity index (χ0n) is 17.7. The number of phenols is 1. The highest BCUT2D eigenvalue weighted by molar-refractivity contribution is 5.93. The normalized spacial score (nSPS) is 13.5. The molecule has 0 heterocycles. The smallest absolute Gasteiger partial charge is 0.326 e. The summed E-state index contributed by atoms with van der Waals surface area (Å²) < 4.78 is 0. The summed E-state index contributed by atoms with van der Waals surface area (Å²) in [5.74, 6) is -5.40. The molecule has 1 rings (SSSR count). The quantitative estimate of drug-likeness (QED) is 0.198. The Kier molecular flexibility index (Phi) is 10.1. The van der Waals surface area contributed by atoms with E-state index in [2.05, 4.69) is 10.6 Å². The Morgan fingerprint density at radius 1 is 0.969 bits per heavy atom. The van der Waals surface area contributed by atoms with E-state index in [1.807, 2.05) is 5.32 Å². The Labute approximate surface area is 184 Å². The topological polar surface area (TPSA) is 208 Å². The molecule has 0 aliphatic carbocycles. The molecule has 0 bridgehead atoms. The number of aliphatic carboxylic acids is 2. The van der Waals surface area contributed by atoms with E-state index in [1.54, 1.807) is 26.0 Å². The Morgan fingerprint density at radius 3 is 2.06 bits per heavy atom. The van der Waals surface area contributed by atoms with Crippen LogP contribution in [0.4, 0.5) is 0 Å². The van der Waals surface area contributed by atoms with Crippen LogP contribution in [0.15, 0.2) is 24.3 Å². The molecular formula is C20H28N4O8. The van der Waals surface area contributed by atoms with Crippen molar-refractivity contribution in [3.63, 3.8) is 0 Å². The minimum atomic E-state index is -1.64. The molecule has 0 aromatic heterocycles. The van der Waals surface area contributed by atoms with Crippen LogP contribution in [-0.2, 0) is 30.4 Å². The van der Waals surface area contributed by atoms with Crippen molar-refractivity contribution < 1.29 is 39.3 Å². The van der Waals surface area contributed by atoms with Crippen LogP contribution in [-0.4, -0.2) is 69.7 Å². The zero-order valence-corrected chi connectivity index (χ0v) is 17.7. The van der Waals surface area contributed by atoms with Crippen molar-refractivity contribution in [1.82, 2.24) is 16.0 Å². The molecule has 3 unspecified atom stereocenters. The summed E-state index contributed by atoms with van der Waals surface area (Å²) in [6.45, 7) is 2.73. The van der Waals surface area contributed by atoms with Gasteiger partial charge in [-0.05, 0) is 30.0 Å². The zero-order chi connectivity index (χ0) is 24.4. The average molecular weight is 452 g/mol. The number of carboxylic acid groups (broad SMARTS) is 2. The number of benzene rings is 1. The van der Waals surface area contributed by atoms with Gasteiger partial charge in [-0.1, -0.05) is 26.0 Å². The molecule has 12 heteroatoms. The molecular weight excluding hydrogens is 424 g/mol. The van der Waals surface area contributed by atoms with E-state index in [0.29, 0.717) is 5.56 Å². The lowest BCUT2D eigenvalue weighted by molar-refractivity contribution is -0.147. The molecule has 0 saturated heterocycles. The molecule has 3 amide bonds. The third kappa shape index (κ3) is 9.00. The van der Waals surface area contributed by atoms with Gasteiger partial charge in [0.05, 0.1) is 19.0 Å². The summed E-state index contributed by atoms with van der Waals surface area (Å²) in [4.78, 5) is 58.4. The molecule has 0 spiro atoms. The Hall–Kier alpha value is -3.67. The van der Waals surface area contributed by atoms with Gasteiger partial charge in [-0.2, -0.15) is 0 Å². The van der Waals surface area contributed by atoms with E-state index in [0.717, 1.165) is 0 Å². The minimum absolute atomic E-state index is 0.0741. The first-order valence-electron chi connectivity index (χ1n) is 9.76. The van der Waals surface area contributed by atoms with Crippen molar-refractivity contribution in [2.45, 2.75) is 44.8 Å². The van der Waals surface area contributed by atoms with E-state index in [9.17, 15) is 29.1 Å². The van der Waals surface area contributed by atoms with Gasteiger partial charge in [-0.3, -0.25) is 19.2 Å². The van der Waals surface area contributed by atoms with Gasteiger partial charge < -0.3 is 37.0 Å². The van der Waals surface area contributed by atoms with Gasteiger partial charge in [-0.15, -0.1) is 0 Å². The lowest BCUT2D eigenvalue weighted by Crippen LogP contribution is -2.55. The number of amides is 3.